The van der Waals surface area contributed by atoms with E-state index in [1.165, 1.54) is 0 Å². The van der Waals surface area contributed by atoms with Crippen molar-refractivity contribution in [2.75, 3.05) is 30.4 Å². The zero-order chi connectivity index (χ0) is 12.7. The fraction of sp³-hybridized carbons (Fsp3) is 0.462. The first-order valence-electron chi connectivity index (χ1n) is 6.16. The maximum Gasteiger partial charge on any atom is 0.0907 e. The Kier molecular flexibility index (Phi) is 2.87. The first kappa shape index (κ1) is 11.7. The predicted octanol–water partition coefficient (Wildman–Crippen LogP) is 2.41. The lowest BCUT2D eigenvalue weighted by Gasteiger charge is -2.35. The number of fused-ring (bicyclic) bond motifs is 1. The third-order valence-corrected chi connectivity index (χ3v) is 4.25. The molecule has 0 bridgehead atoms. The molecule has 1 aromatic carbocycles. The van der Waals surface area contributed by atoms with Crippen LogP contribution in [0.4, 0.5) is 11.4 Å². The highest BCUT2D eigenvalue weighted by Gasteiger charge is 2.21. The molecule has 0 spiro atoms. The van der Waals surface area contributed by atoms with E-state index in [1.807, 2.05) is 13.0 Å². The number of ether oxygens (including phenoxy) is 1. The number of anilines is 2. The van der Waals surface area contributed by atoms with Crippen molar-refractivity contribution in [1.82, 2.24) is 4.98 Å². The Morgan fingerprint density at radius 2 is 2.33 bits per heavy atom. The SMILES string of the molecule is Cc1nc2cc(N3CCOCC3C)c(N)cc2s1. The van der Waals surface area contributed by atoms with Crippen LogP contribution in [-0.4, -0.2) is 30.8 Å². The van der Waals surface area contributed by atoms with Crippen molar-refractivity contribution >= 4 is 32.9 Å². The summed E-state index contributed by atoms with van der Waals surface area (Å²) in [4.78, 5) is 6.85. The van der Waals surface area contributed by atoms with Gasteiger partial charge >= 0.3 is 0 Å². The Morgan fingerprint density at radius 3 is 3.11 bits per heavy atom. The van der Waals surface area contributed by atoms with Crippen molar-refractivity contribution < 1.29 is 4.74 Å². The van der Waals surface area contributed by atoms with Gasteiger partial charge < -0.3 is 15.4 Å². The van der Waals surface area contributed by atoms with Crippen LogP contribution < -0.4 is 10.6 Å². The van der Waals surface area contributed by atoms with Crippen LogP contribution in [0.2, 0.25) is 0 Å². The zero-order valence-corrected chi connectivity index (χ0v) is 11.5. The molecule has 0 amide bonds. The smallest absolute Gasteiger partial charge is 0.0907 e. The molecular weight excluding hydrogens is 246 g/mol. The summed E-state index contributed by atoms with van der Waals surface area (Å²) < 4.78 is 6.63. The highest BCUT2D eigenvalue weighted by Crippen LogP contribution is 2.33. The van der Waals surface area contributed by atoms with E-state index >= 15 is 0 Å². The lowest BCUT2D eigenvalue weighted by Crippen LogP contribution is -2.44. The first-order valence-corrected chi connectivity index (χ1v) is 6.98. The van der Waals surface area contributed by atoms with Gasteiger partial charge in [-0.3, -0.25) is 0 Å². The van der Waals surface area contributed by atoms with Crippen molar-refractivity contribution in [3.8, 4) is 0 Å². The molecule has 4 nitrogen and oxygen atoms in total. The Bertz CT molecular complexity index is 581. The maximum atomic E-state index is 6.19. The van der Waals surface area contributed by atoms with Crippen LogP contribution >= 0.6 is 11.3 Å². The van der Waals surface area contributed by atoms with E-state index in [0.29, 0.717) is 6.04 Å². The van der Waals surface area contributed by atoms with Crippen LogP contribution in [0, 0.1) is 6.92 Å². The Labute approximate surface area is 110 Å². The van der Waals surface area contributed by atoms with Gasteiger partial charge in [0.15, 0.2) is 0 Å². The van der Waals surface area contributed by atoms with Gasteiger partial charge in [0.05, 0.1) is 39.8 Å². The average Bonchev–Trinajstić information content (AvgIpc) is 2.68. The third-order valence-electron chi connectivity index (χ3n) is 3.32. The number of hydrogen-bond acceptors (Lipinski definition) is 5. The quantitative estimate of drug-likeness (QED) is 0.803. The van der Waals surface area contributed by atoms with Gasteiger partial charge in [0.1, 0.15) is 0 Å². The van der Waals surface area contributed by atoms with Crippen molar-refractivity contribution in [1.29, 1.82) is 0 Å². The molecule has 2 N–H and O–H groups in total. The molecule has 1 aliphatic heterocycles. The number of nitrogens with two attached hydrogens (primary N) is 1. The minimum Gasteiger partial charge on any atom is -0.397 e. The number of aryl methyl sites for hydroxylation is 1. The highest BCUT2D eigenvalue weighted by atomic mass is 32.1. The maximum absolute atomic E-state index is 6.19. The molecule has 2 aromatic rings. The van der Waals surface area contributed by atoms with Crippen molar-refractivity contribution in [3.63, 3.8) is 0 Å². The minimum atomic E-state index is 0.359. The van der Waals surface area contributed by atoms with E-state index in [9.17, 15) is 0 Å². The van der Waals surface area contributed by atoms with E-state index in [2.05, 4.69) is 22.9 Å². The molecule has 1 atom stereocenters. The molecule has 1 fully saturated rings. The summed E-state index contributed by atoms with van der Waals surface area (Å²) in [6.45, 7) is 6.60. The second-order valence-electron chi connectivity index (χ2n) is 4.73. The summed E-state index contributed by atoms with van der Waals surface area (Å²) in [6, 6.07) is 4.51. The van der Waals surface area contributed by atoms with E-state index < -0.39 is 0 Å². The van der Waals surface area contributed by atoms with Crippen LogP contribution in [0.5, 0.6) is 0 Å². The molecule has 1 saturated heterocycles. The van der Waals surface area contributed by atoms with Crippen molar-refractivity contribution in [2.45, 2.75) is 19.9 Å². The summed E-state index contributed by atoms with van der Waals surface area (Å²) in [5.74, 6) is 0. The van der Waals surface area contributed by atoms with Crippen LogP contribution in [0.3, 0.4) is 0 Å². The van der Waals surface area contributed by atoms with Crippen LogP contribution in [0.25, 0.3) is 10.2 Å². The Balaban J connectivity index is 2.07. The van der Waals surface area contributed by atoms with Gasteiger partial charge in [-0.05, 0) is 26.0 Å². The summed E-state index contributed by atoms with van der Waals surface area (Å²) in [5.41, 5.74) is 9.15. The number of aromatic nitrogens is 1. The molecule has 18 heavy (non-hydrogen) atoms. The van der Waals surface area contributed by atoms with Gasteiger partial charge in [0.2, 0.25) is 0 Å². The second kappa shape index (κ2) is 4.40. The molecule has 0 radical (unpaired) electrons. The molecular formula is C13H17N3OS. The number of benzene rings is 1. The first-order chi connectivity index (χ1) is 8.65. The fourth-order valence-electron chi connectivity index (χ4n) is 2.43. The molecule has 1 aliphatic rings. The average molecular weight is 263 g/mol. The standard InChI is InChI=1S/C13H17N3OS/c1-8-7-17-4-3-16(8)12-6-11-13(5-10(12)14)18-9(2)15-11/h5-6,8H,3-4,7,14H2,1-2H3. The Hall–Kier alpha value is -1.33. The predicted molar refractivity (Wildman–Crippen MR) is 76.4 cm³/mol. The van der Waals surface area contributed by atoms with E-state index in [0.717, 1.165) is 46.4 Å². The third kappa shape index (κ3) is 1.93. The molecule has 96 valence electrons. The van der Waals surface area contributed by atoms with Crippen molar-refractivity contribution in [2.24, 2.45) is 0 Å². The number of morpholine rings is 1. The van der Waals surface area contributed by atoms with E-state index in [-0.39, 0.29) is 0 Å². The van der Waals surface area contributed by atoms with Gasteiger partial charge in [-0.1, -0.05) is 0 Å². The Morgan fingerprint density at radius 1 is 1.50 bits per heavy atom. The molecule has 0 saturated carbocycles. The summed E-state index contributed by atoms with van der Waals surface area (Å²) in [7, 11) is 0. The lowest BCUT2D eigenvalue weighted by atomic mass is 10.1. The van der Waals surface area contributed by atoms with Gasteiger partial charge in [-0.2, -0.15) is 0 Å². The van der Waals surface area contributed by atoms with Crippen LogP contribution in [-0.2, 0) is 4.74 Å². The molecule has 1 unspecified atom stereocenters. The van der Waals surface area contributed by atoms with Gasteiger partial charge in [-0.25, -0.2) is 4.98 Å². The number of nitrogen functional groups attached to an aromatic ring is 1. The summed E-state index contributed by atoms with van der Waals surface area (Å²) in [6.07, 6.45) is 0. The van der Waals surface area contributed by atoms with Gasteiger partial charge in [0, 0.05) is 12.6 Å². The lowest BCUT2D eigenvalue weighted by molar-refractivity contribution is 0.0990. The molecule has 3 rings (SSSR count). The molecule has 1 aromatic heterocycles. The zero-order valence-electron chi connectivity index (χ0n) is 10.6. The molecule has 0 aliphatic carbocycles. The van der Waals surface area contributed by atoms with E-state index in [1.54, 1.807) is 11.3 Å². The highest BCUT2D eigenvalue weighted by molar-refractivity contribution is 7.18. The largest absolute Gasteiger partial charge is 0.397 e. The summed E-state index contributed by atoms with van der Waals surface area (Å²) in [5, 5.41) is 1.08. The van der Waals surface area contributed by atoms with Gasteiger partial charge in [0.25, 0.3) is 0 Å². The number of hydrogen-bond donors (Lipinski definition) is 1. The fourth-order valence-corrected chi connectivity index (χ4v) is 3.28. The van der Waals surface area contributed by atoms with Crippen molar-refractivity contribution in [3.05, 3.63) is 17.1 Å². The normalized spacial score (nSPS) is 20.6. The second-order valence-corrected chi connectivity index (χ2v) is 5.96. The number of thiazole rings is 1. The van der Waals surface area contributed by atoms with Crippen LogP contribution in [0.1, 0.15) is 11.9 Å². The van der Waals surface area contributed by atoms with Gasteiger partial charge in [-0.15, -0.1) is 11.3 Å². The van der Waals surface area contributed by atoms with Crippen LogP contribution in [0.15, 0.2) is 12.1 Å². The van der Waals surface area contributed by atoms with E-state index in [4.69, 9.17) is 10.5 Å². The molecule has 2 heterocycles. The topological polar surface area (TPSA) is 51.4 Å². The number of nitrogens with zero attached hydrogens (tertiary/aromatic N) is 2. The molecule has 5 heteroatoms. The minimum absolute atomic E-state index is 0.359. The number of rotatable bonds is 1. The summed E-state index contributed by atoms with van der Waals surface area (Å²) >= 11 is 1.69. The monoisotopic (exact) mass is 263 g/mol.